The second-order valence-electron chi connectivity index (χ2n) is 4.59. The third kappa shape index (κ3) is 3.39. The van der Waals surface area contributed by atoms with Crippen molar-refractivity contribution in [3.05, 3.63) is 71.8 Å². The van der Waals surface area contributed by atoms with E-state index in [1.54, 1.807) is 18.2 Å². The second-order valence-corrected chi connectivity index (χ2v) is 4.59. The van der Waals surface area contributed by atoms with Gasteiger partial charge in [-0.3, -0.25) is 4.79 Å². The molecule has 1 aliphatic rings. The van der Waals surface area contributed by atoms with E-state index in [2.05, 4.69) is 0 Å². The van der Waals surface area contributed by atoms with Gasteiger partial charge in [0.1, 0.15) is 0 Å². The fraction of sp³-hybridized carbons (Fsp3) is 0.0556. The maximum absolute atomic E-state index is 11.8. The number of hydrogen-bond donors (Lipinski definition) is 0. The molecule has 0 fully saturated rings. The molecule has 0 spiro atoms. The fourth-order valence-electron chi connectivity index (χ4n) is 1.99. The lowest BCUT2D eigenvalue weighted by atomic mass is 10.1. The summed E-state index contributed by atoms with van der Waals surface area (Å²) >= 11 is 0. The third-order valence-corrected chi connectivity index (χ3v) is 3.08. The van der Waals surface area contributed by atoms with Gasteiger partial charge in [0.05, 0.1) is 0 Å². The van der Waals surface area contributed by atoms with E-state index in [4.69, 9.17) is 9.47 Å². The highest BCUT2D eigenvalue weighted by atomic mass is 16.7. The van der Waals surface area contributed by atoms with E-state index >= 15 is 0 Å². The molecule has 0 saturated heterocycles. The lowest BCUT2D eigenvalue weighted by Gasteiger charge is -1.97. The van der Waals surface area contributed by atoms with Crippen molar-refractivity contribution < 1.29 is 14.3 Å². The highest BCUT2D eigenvalue weighted by Gasteiger charge is 2.12. The summed E-state index contributed by atoms with van der Waals surface area (Å²) in [5.41, 5.74) is 1.91. The van der Waals surface area contributed by atoms with Crippen LogP contribution in [-0.2, 0) is 4.79 Å². The van der Waals surface area contributed by atoms with Crippen molar-refractivity contribution in [2.75, 3.05) is 6.79 Å². The molecule has 1 aliphatic heterocycles. The van der Waals surface area contributed by atoms with Gasteiger partial charge < -0.3 is 9.47 Å². The van der Waals surface area contributed by atoms with Crippen LogP contribution in [0.25, 0.3) is 12.2 Å². The molecule has 3 nitrogen and oxygen atoms in total. The van der Waals surface area contributed by atoms with Gasteiger partial charge in [-0.1, -0.05) is 48.6 Å². The Kier molecular flexibility index (Phi) is 3.83. The van der Waals surface area contributed by atoms with Gasteiger partial charge in [-0.05, 0) is 35.4 Å². The predicted octanol–water partition coefficient (Wildman–Crippen LogP) is 3.71. The van der Waals surface area contributed by atoms with E-state index in [0.29, 0.717) is 5.75 Å². The Morgan fingerprint density at radius 3 is 2.38 bits per heavy atom. The number of fused-ring (bicyclic) bond motifs is 1. The van der Waals surface area contributed by atoms with Crippen LogP contribution in [0, 0.1) is 0 Å². The first-order valence-electron chi connectivity index (χ1n) is 6.66. The molecular weight excluding hydrogens is 264 g/mol. The van der Waals surface area contributed by atoms with Gasteiger partial charge in [-0.15, -0.1) is 0 Å². The highest BCUT2D eigenvalue weighted by molar-refractivity contribution is 6.04. The Balaban J connectivity index is 1.66. The Morgan fingerprint density at radius 2 is 1.57 bits per heavy atom. The first kappa shape index (κ1) is 13.2. The number of rotatable bonds is 4. The monoisotopic (exact) mass is 278 g/mol. The number of ether oxygens (including phenoxy) is 2. The van der Waals surface area contributed by atoms with Gasteiger partial charge in [0.2, 0.25) is 6.79 Å². The molecule has 1 heterocycles. The average molecular weight is 278 g/mol. The summed E-state index contributed by atoms with van der Waals surface area (Å²) in [5, 5.41) is 0. The topological polar surface area (TPSA) is 35.5 Å². The van der Waals surface area contributed by atoms with E-state index in [-0.39, 0.29) is 12.6 Å². The van der Waals surface area contributed by atoms with E-state index in [0.717, 1.165) is 16.9 Å². The molecule has 3 heteroatoms. The van der Waals surface area contributed by atoms with Gasteiger partial charge in [0.15, 0.2) is 17.3 Å². The molecule has 104 valence electrons. The molecule has 0 bridgehead atoms. The fourth-order valence-corrected chi connectivity index (χ4v) is 1.99. The lowest BCUT2D eigenvalue weighted by molar-refractivity contribution is -0.110. The van der Waals surface area contributed by atoms with Crippen LogP contribution in [-0.4, -0.2) is 12.6 Å². The van der Waals surface area contributed by atoms with E-state index in [1.165, 1.54) is 6.08 Å². The van der Waals surface area contributed by atoms with E-state index < -0.39 is 0 Å². The smallest absolute Gasteiger partial charge is 0.231 e. The maximum Gasteiger partial charge on any atom is 0.231 e. The molecule has 0 amide bonds. The minimum absolute atomic E-state index is 0.0588. The summed E-state index contributed by atoms with van der Waals surface area (Å²) < 4.78 is 10.5. The zero-order chi connectivity index (χ0) is 14.5. The van der Waals surface area contributed by atoms with Gasteiger partial charge in [-0.25, -0.2) is 0 Å². The Morgan fingerprint density at radius 1 is 0.857 bits per heavy atom. The molecule has 21 heavy (non-hydrogen) atoms. The van der Waals surface area contributed by atoms with Crippen molar-refractivity contribution >= 4 is 17.9 Å². The Bertz CT molecular complexity index is 700. The molecule has 0 radical (unpaired) electrons. The SMILES string of the molecule is O=C(/C=C/c1ccccc1)/C=C/c1ccc2c(c1)OCO2. The van der Waals surface area contributed by atoms with Crippen molar-refractivity contribution in [3.63, 3.8) is 0 Å². The number of allylic oxidation sites excluding steroid dienone is 2. The summed E-state index contributed by atoms with van der Waals surface area (Å²) in [7, 11) is 0. The molecule has 3 rings (SSSR count). The maximum atomic E-state index is 11.8. The molecule has 0 unspecified atom stereocenters. The van der Waals surface area contributed by atoms with Crippen LogP contribution in [0.3, 0.4) is 0 Å². The highest BCUT2D eigenvalue weighted by Crippen LogP contribution is 2.32. The summed E-state index contributed by atoms with van der Waals surface area (Å²) in [5.74, 6) is 1.39. The summed E-state index contributed by atoms with van der Waals surface area (Å²) in [6, 6.07) is 15.3. The van der Waals surface area contributed by atoms with Gasteiger partial charge in [-0.2, -0.15) is 0 Å². The average Bonchev–Trinajstić information content (AvgIpc) is 2.99. The van der Waals surface area contributed by atoms with Gasteiger partial charge >= 0.3 is 0 Å². The number of hydrogen-bond acceptors (Lipinski definition) is 3. The van der Waals surface area contributed by atoms with Crippen LogP contribution in [0.4, 0.5) is 0 Å². The van der Waals surface area contributed by atoms with Crippen LogP contribution in [0.5, 0.6) is 11.5 Å². The van der Waals surface area contributed by atoms with E-state index in [1.807, 2.05) is 48.5 Å². The number of benzene rings is 2. The third-order valence-electron chi connectivity index (χ3n) is 3.08. The van der Waals surface area contributed by atoms with Crippen molar-refractivity contribution in [2.45, 2.75) is 0 Å². The number of carbonyl (C=O) groups is 1. The van der Waals surface area contributed by atoms with Crippen LogP contribution in [0.1, 0.15) is 11.1 Å². The summed E-state index contributed by atoms with van der Waals surface area (Å²) in [6.45, 7) is 0.251. The van der Waals surface area contributed by atoms with Crippen molar-refractivity contribution in [2.24, 2.45) is 0 Å². The Hall–Kier alpha value is -2.81. The molecule has 0 aromatic heterocycles. The number of ketones is 1. The van der Waals surface area contributed by atoms with Crippen molar-refractivity contribution in [1.29, 1.82) is 0 Å². The minimum Gasteiger partial charge on any atom is -0.454 e. The molecule has 0 saturated carbocycles. The predicted molar refractivity (Wildman–Crippen MR) is 82.1 cm³/mol. The summed E-state index contributed by atoms with van der Waals surface area (Å²) in [4.78, 5) is 11.8. The summed E-state index contributed by atoms with van der Waals surface area (Å²) in [6.07, 6.45) is 6.65. The van der Waals surface area contributed by atoms with Gasteiger partial charge in [0.25, 0.3) is 0 Å². The first-order chi connectivity index (χ1) is 10.3. The standard InChI is InChI=1S/C18H14O3/c19-16(9-6-14-4-2-1-3-5-14)10-7-15-8-11-17-18(12-15)21-13-20-17/h1-12H,13H2/b9-6+,10-7+. The molecule has 0 aliphatic carbocycles. The van der Waals surface area contributed by atoms with Crippen LogP contribution < -0.4 is 9.47 Å². The Labute approximate surface area is 123 Å². The number of carbonyl (C=O) groups excluding carboxylic acids is 1. The molecule has 2 aromatic carbocycles. The van der Waals surface area contributed by atoms with Crippen molar-refractivity contribution in [1.82, 2.24) is 0 Å². The largest absolute Gasteiger partial charge is 0.454 e. The minimum atomic E-state index is -0.0588. The molecule has 0 N–H and O–H groups in total. The van der Waals surface area contributed by atoms with Crippen LogP contribution >= 0.6 is 0 Å². The van der Waals surface area contributed by atoms with Gasteiger partial charge in [0, 0.05) is 0 Å². The quantitative estimate of drug-likeness (QED) is 0.800. The second kappa shape index (κ2) is 6.09. The zero-order valence-corrected chi connectivity index (χ0v) is 11.4. The van der Waals surface area contributed by atoms with Crippen LogP contribution in [0.2, 0.25) is 0 Å². The first-order valence-corrected chi connectivity index (χ1v) is 6.66. The molecular formula is C18H14O3. The normalized spacial score (nSPS) is 13.1. The molecule has 2 aromatic rings. The van der Waals surface area contributed by atoms with E-state index in [9.17, 15) is 4.79 Å². The molecule has 0 atom stereocenters. The lowest BCUT2D eigenvalue weighted by Crippen LogP contribution is -1.92. The van der Waals surface area contributed by atoms with Crippen molar-refractivity contribution in [3.8, 4) is 11.5 Å². The zero-order valence-electron chi connectivity index (χ0n) is 11.4. The van der Waals surface area contributed by atoms with Crippen LogP contribution in [0.15, 0.2) is 60.7 Å².